The lowest BCUT2D eigenvalue weighted by Crippen LogP contribution is -3.00. The fourth-order valence-electron chi connectivity index (χ4n) is 3.25. The molecule has 0 saturated heterocycles. The summed E-state index contributed by atoms with van der Waals surface area (Å²) in [5, 5.41) is -0.174. The van der Waals surface area contributed by atoms with Crippen LogP contribution in [0.3, 0.4) is 0 Å². The van der Waals surface area contributed by atoms with E-state index in [4.69, 9.17) is 19.6 Å². The van der Waals surface area contributed by atoms with Crippen LogP contribution in [0.1, 0.15) is 11.3 Å². The second-order valence-electron chi connectivity index (χ2n) is 7.38. The van der Waals surface area contributed by atoms with Crippen molar-refractivity contribution in [3.8, 4) is 17.2 Å². The summed E-state index contributed by atoms with van der Waals surface area (Å²) in [6.07, 6.45) is -4.80. The second kappa shape index (κ2) is 10.6. The molecule has 2 N–H and O–H groups in total. The lowest BCUT2D eigenvalue weighted by atomic mass is 10.1. The molecule has 4 aromatic rings. The molecule has 1 aromatic heterocycles. The van der Waals surface area contributed by atoms with Crippen LogP contribution < -0.4 is 33.0 Å². The molecule has 0 aliphatic heterocycles. The molecule has 1 unspecified atom stereocenters. The van der Waals surface area contributed by atoms with E-state index in [-0.39, 0.29) is 35.7 Å². The SMILES string of the molecule is NC(Cc1ccccc1)C(=O)Oc1ccc2c(=O)c(Oc3ccccc3)c(C(F)(F)F)oc2c1.[Cl-]. The van der Waals surface area contributed by atoms with Crippen molar-refractivity contribution in [1.29, 1.82) is 0 Å². The van der Waals surface area contributed by atoms with Gasteiger partial charge in [0.15, 0.2) is 0 Å². The third-order valence-electron chi connectivity index (χ3n) is 4.86. The summed E-state index contributed by atoms with van der Waals surface area (Å²) in [4.78, 5) is 25.2. The monoisotopic (exact) mass is 504 g/mol. The van der Waals surface area contributed by atoms with E-state index in [0.29, 0.717) is 0 Å². The molecular weight excluding hydrogens is 487 g/mol. The molecule has 0 saturated carbocycles. The van der Waals surface area contributed by atoms with Gasteiger partial charge in [0.2, 0.25) is 11.2 Å². The average Bonchev–Trinajstić information content (AvgIpc) is 2.81. The Morgan fingerprint density at radius 2 is 1.57 bits per heavy atom. The number of rotatable bonds is 6. The summed E-state index contributed by atoms with van der Waals surface area (Å²) in [6, 6.07) is 19.1. The lowest BCUT2D eigenvalue weighted by Gasteiger charge is -2.14. The first-order chi connectivity index (χ1) is 16.2. The number of alkyl halides is 3. The standard InChI is InChI=1S/C25H18F3NO5.ClH/c26-25(27,28)23-22(32-16-9-5-2-6-10-16)21(30)18-12-11-17(14-20(18)34-23)33-24(31)19(29)13-15-7-3-1-4-8-15;/h1-12,14,19H,13,29H2;1H/p-1. The second-order valence-corrected chi connectivity index (χ2v) is 7.38. The predicted molar refractivity (Wildman–Crippen MR) is 118 cm³/mol. The number of carbonyl (C=O) groups excluding carboxylic acids is 1. The molecule has 1 heterocycles. The van der Waals surface area contributed by atoms with Gasteiger partial charge in [-0.25, -0.2) is 4.79 Å². The van der Waals surface area contributed by atoms with Gasteiger partial charge < -0.3 is 32.0 Å². The van der Waals surface area contributed by atoms with E-state index in [2.05, 4.69) is 0 Å². The Bertz CT molecular complexity index is 1380. The maximum absolute atomic E-state index is 13.7. The quantitative estimate of drug-likeness (QED) is 0.319. The Labute approximate surface area is 203 Å². The molecule has 182 valence electrons. The fourth-order valence-corrected chi connectivity index (χ4v) is 3.25. The Hall–Kier alpha value is -3.82. The van der Waals surface area contributed by atoms with Gasteiger partial charge >= 0.3 is 12.1 Å². The van der Waals surface area contributed by atoms with Gasteiger partial charge in [0, 0.05) is 6.07 Å². The summed E-state index contributed by atoms with van der Waals surface area (Å²) in [5.41, 5.74) is 5.28. The van der Waals surface area contributed by atoms with Crippen molar-refractivity contribution >= 4 is 16.9 Å². The van der Waals surface area contributed by atoms with Crippen molar-refractivity contribution in [2.45, 2.75) is 18.6 Å². The van der Waals surface area contributed by atoms with Gasteiger partial charge in [-0.15, -0.1) is 0 Å². The van der Waals surface area contributed by atoms with Gasteiger partial charge in [-0.05, 0) is 36.2 Å². The van der Waals surface area contributed by atoms with Crippen LogP contribution in [0.15, 0.2) is 88.1 Å². The Balaban J connectivity index is 0.00000342. The smallest absolute Gasteiger partial charge is 0.453 e. The van der Waals surface area contributed by atoms with Gasteiger partial charge in [-0.1, -0.05) is 48.5 Å². The van der Waals surface area contributed by atoms with E-state index in [1.165, 1.54) is 24.3 Å². The number of hydrogen-bond donors (Lipinski definition) is 1. The molecule has 3 aromatic carbocycles. The van der Waals surface area contributed by atoms with E-state index in [1.807, 2.05) is 6.07 Å². The van der Waals surface area contributed by atoms with E-state index in [0.717, 1.165) is 11.6 Å². The largest absolute Gasteiger partial charge is 1.00 e. The summed E-state index contributed by atoms with van der Waals surface area (Å²) in [7, 11) is 0. The minimum atomic E-state index is -5.01. The van der Waals surface area contributed by atoms with Gasteiger partial charge in [-0.2, -0.15) is 13.2 Å². The van der Waals surface area contributed by atoms with Crippen LogP contribution in [0.5, 0.6) is 17.2 Å². The number of carbonyl (C=O) groups is 1. The molecule has 1 atom stereocenters. The highest BCUT2D eigenvalue weighted by Crippen LogP contribution is 2.38. The zero-order valence-electron chi connectivity index (χ0n) is 17.9. The molecule has 0 aliphatic rings. The van der Waals surface area contributed by atoms with Crippen molar-refractivity contribution in [3.63, 3.8) is 0 Å². The number of nitrogens with two attached hydrogens (primary N) is 1. The van der Waals surface area contributed by atoms with Crippen molar-refractivity contribution in [2.24, 2.45) is 5.73 Å². The van der Waals surface area contributed by atoms with Crippen LogP contribution in [-0.2, 0) is 17.4 Å². The highest BCUT2D eigenvalue weighted by molar-refractivity contribution is 5.82. The number of halogens is 4. The summed E-state index contributed by atoms with van der Waals surface area (Å²) in [6.45, 7) is 0. The summed E-state index contributed by atoms with van der Waals surface area (Å²) in [5.74, 6) is -3.45. The van der Waals surface area contributed by atoms with Crippen LogP contribution in [0.4, 0.5) is 13.2 Å². The maximum Gasteiger partial charge on any atom is 0.453 e. The Morgan fingerprint density at radius 3 is 2.20 bits per heavy atom. The Morgan fingerprint density at radius 1 is 0.943 bits per heavy atom. The average molecular weight is 505 g/mol. The first-order valence-corrected chi connectivity index (χ1v) is 10.1. The third kappa shape index (κ3) is 6.00. The minimum Gasteiger partial charge on any atom is -1.00 e. The summed E-state index contributed by atoms with van der Waals surface area (Å²) >= 11 is 0. The number of para-hydroxylation sites is 1. The van der Waals surface area contributed by atoms with Crippen LogP contribution in [0.25, 0.3) is 11.0 Å². The fraction of sp³-hybridized carbons (Fsp3) is 0.120. The first kappa shape index (κ1) is 25.8. The van der Waals surface area contributed by atoms with E-state index >= 15 is 0 Å². The number of fused-ring (bicyclic) bond motifs is 1. The van der Waals surface area contributed by atoms with Gasteiger partial charge in [0.05, 0.1) is 5.39 Å². The molecule has 0 fully saturated rings. The zero-order valence-corrected chi connectivity index (χ0v) is 18.7. The van der Waals surface area contributed by atoms with Crippen molar-refractivity contribution in [3.05, 3.63) is 100 Å². The normalized spacial score (nSPS) is 12.0. The molecule has 0 amide bonds. The predicted octanol–water partition coefficient (Wildman–Crippen LogP) is 2.08. The van der Waals surface area contributed by atoms with Crippen LogP contribution in [0, 0.1) is 0 Å². The first-order valence-electron chi connectivity index (χ1n) is 10.1. The molecule has 4 rings (SSSR count). The van der Waals surface area contributed by atoms with Crippen LogP contribution in [-0.4, -0.2) is 12.0 Å². The van der Waals surface area contributed by atoms with Gasteiger partial charge in [0.25, 0.3) is 5.76 Å². The molecule has 10 heteroatoms. The lowest BCUT2D eigenvalue weighted by molar-refractivity contribution is -0.154. The van der Waals surface area contributed by atoms with E-state index in [9.17, 15) is 22.8 Å². The van der Waals surface area contributed by atoms with Crippen LogP contribution in [0.2, 0.25) is 0 Å². The molecule has 0 bridgehead atoms. The van der Waals surface area contributed by atoms with Crippen molar-refractivity contribution < 1.29 is 44.3 Å². The van der Waals surface area contributed by atoms with E-state index < -0.39 is 40.7 Å². The number of hydrogen-bond acceptors (Lipinski definition) is 6. The topological polar surface area (TPSA) is 91.8 Å². The third-order valence-corrected chi connectivity index (χ3v) is 4.86. The zero-order chi connectivity index (χ0) is 24.3. The van der Waals surface area contributed by atoms with Gasteiger partial charge in [0.1, 0.15) is 23.1 Å². The van der Waals surface area contributed by atoms with E-state index in [1.54, 1.807) is 42.5 Å². The molecule has 0 aliphatic carbocycles. The van der Waals surface area contributed by atoms with Crippen molar-refractivity contribution in [1.82, 2.24) is 0 Å². The molecule has 0 radical (unpaired) electrons. The molecule has 0 spiro atoms. The summed E-state index contributed by atoms with van der Waals surface area (Å²) < 4.78 is 56.5. The van der Waals surface area contributed by atoms with Crippen LogP contribution >= 0.6 is 0 Å². The molecule has 35 heavy (non-hydrogen) atoms. The Kier molecular flexibility index (Phi) is 7.83. The minimum absolute atomic E-state index is 0. The number of esters is 1. The number of benzene rings is 3. The highest BCUT2D eigenvalue weighted by atomic mass is 35.5. The maximum atomic E-state index is 13.7. The van der Waals surface area contributed by atoms with Gasteiger partial charge in [-0.3, -0.25) is 4.79 Å². The number of ether oxygens (including phenoxy) is 2. The van der Waals surface area contributed by atoms with Crippen molar-refractivity contribution in [2.75, 3.05) is 0 Å². The molecule has 6 nitrogen and oxygen atoms in total. The highest BCUT2D eigenvalue weighted by Gasteiger charge is 2.40. The molecular formula is C25H18ClF3NO5-.